The maximum Gasteiger partial charge on any atom is 0.251 e. The first kappa shape index (κ1) is 25.0. The van der Waals surface area contributed by atoms with Gasteiger partial charge in [-0.05, 0) is 74.2 Å². The number of benzene rings is 1. The number of ether oxygens (including phenoxy) is 1. The highest BCUT2D eigenvalue weighted by molar-refractivity contribution is 5.94. The van der Waals surface area contributed by atoms with Gasteiger partial charge >= 0.3 is 0 Å². The number of carbonyl (C=O) groups excluding carboxylic acids is 1. The molecule has 3 rings (SSSR count). The molecule has 1 amide bonds. The lowest BCUT2D eigenvalue weighted by Crippen LogP contribution is -2.29. The minimum atomic E-state index is -0.0667. The van der Waals surface area contributed by atoms with E-state index in [2.05, 4.69) is 20.9 Å². The fourth-order valence-electron chi connectivity index (χ4n) is 3.41. The summed E-state index contributed by atoms with van der Waals surface area (Å²) in [7, 11) is 1.68. The van der Waals surface area contributed by atoms with Gasteiger partial charge in [0.05, 0.1) is 7.11 Å². The van der Waals surface area contributed by atoms with E-state index in [4.69, 9.17) is 4.74 Å². The number of rotatable bonds is 8. The monoisotopic (exact) mass is 440 g/mol. The predicted molar refractivity (Wildman–Crippen MR) is 122 cm³/mol. The number of methoxy groups -OCH3 is 1. The summed E-state index contributed by atoms with van der Waals surface area (Å²) in [5.74, 6) is 2.24. The molecule has 2 aromatic rings. The molecule has 0 aliphatic carbocycles. The molecule has 0 radical (unpaired) electrons. The third-order valence-electron chi connectivity index (χ3n) is 4.93. The molecular formula is C21H30Cl2N4O2. The standard InChI is InChI=1S/C21H28N4O2.2ClH/c1-15-4-3-8-23-20(15)24-10-11-25-21(26)17-5-6-19(27-2)18(13-17)12-16-7-9-22-14-16;;/h3-6,8,13,16,22H,7,9-12,14H2,1-2H3,(H,23,24)(H,25,26);2*1H. The van der Waals surface area contributed by atoms with E-state index in [1.807, 2.05) is 37.3 Å². The Bertz CT molecular complexity index is 783. The van der Waals surface area contributed by atoms with Crippen molar-refractivity contribution in [2.75, 3.05) is 38.6 Å². The number of halogens is 2. The number of aromatic nitrogens is 1. The molecule has 1 aromatic carbocycles. The molecule has 1 aliphatic heterocycles. The number of hydrogen-bond acceptors (Lipinski definition) is 5. The van der Waals surface area contributed by atoms with E-state index in [0.29, 0.717) is 24.6 Å². The summed E-state index contributed by atoms with van der Waals surface area (Å²) in [6, 6.07) is 9.59. The second kappa shape index (κ2) is 12.5. The third-order valence-corrected chi connectivity index (χ3v) is 4.93. The lowest BCUT2D eigenvalue weighted by atomic mass is 9.96. The zero-order valence-electron chi connectivity index (χ0n) is 16.9. The molecule has 1 unspecified atom stereocenters. The number of hydrogen-bond donors (Lipinski definition) is 3. The van der Waals surface area contributed by atoms with Gasteiger partial charge in [0.2, 0.25) is 0 Å². The van der Waals surface area contributed by atoms with E-state index < -0.39 is 0 Å². The Morgan fingerprint density at radius 1 is 1.28 bits per heavy atom. The zero-order chi connectivity index (χ0) is 19.1. The minimum absolute atomic E-state index is 0. The van der Waals surface area contributed by atoms with E-state index in [-0.39, 0.29) is 30.7 Å². The second-order valence-electron chi connectivity index (χ2n) is 6.94. The molecule has 1 aliphatic rings. The summed E-state index contributed by atoms with van der Waals surface area (Å²) in [5.41, 5.74) is 2.86. The number of aryl methyl sites for hydroxylation is 1. The van der Waals surface area contributed by atoms with Crippen molar-refractivity contribution in [1.29, 1.82) is 0 Å². The van der Waals surface area contributed by atoms with Crippen LogP contribution in [0.5, 0.6) is 5.75 Å². The summed E-state index contributed by atoms with van der Waals surface area (Å²) in [6.07, 6.45) is 3.85. The van der Waals surface area contributed by atoms with Crippen molar-refractivity contribution in [3.63, 3.8) is 0 Å². The second-order valence-corrected chi connectivity index (χ2v) is 6.94. The van der Waals surface area contributed by atoms with E-state index in [1.165, 1.54) is 0 Å². The molecule has 0 bridgehead atoms. The number of carbonyl (C=O) groups is 1. The summed E-state index contributed by atoms with van der Waals surface area (Å²) in [4.78, 5) is 16.8. The van der Waals surface area contributed by atoms with Crippen LogP contribution in [0.3, 0.4) is 0 Å². The van der Waals surface area contributed by atoms with Crippen LogP contribution in [0.15, 0.2) is 36.5 Å². The highest BCUT2D eigenvalue weighted by Gasteiger charge is 2.18. The lowest BCUT2D eigenvalue weighted by molar-refractivity contribution is 0.0955. The molecule has 8 heteroatoms. The van der Waals surface area contributed by atoms with Crippen molar-refractivity contribution >= 4 is 36.5 Å². The van der Waals surface area contributed by atoms with Gasteiger partial charge in [0, 0.05) is 24.8 Å². The smallest absolute Gasteiger partial charge is 0.251 e. The summed E-state index contributed by atoms with van der Waals surface area (Å²) < 4.78 is 5.48. The summed E-state index contributed by atoms with van der Waals surface area (Å²) in [6.45, 7) is 5.25. The maximum absolute atomic E-state index is 12.5. The topological polar surface area (TPSA) is 75.3 Å². The third kappa shape index (κ3) is 7.07. The first-order valence-corrected chi connectivity index (χ1v) is 9.48. The van der Waals surface area contributed by atoms with Crippen LogP contribution in [0.25, 0.3) is 0 Å². The van der Waals surface area contributed by atoms with Gasteiger partial charge in [-0.2, -0.15) is 0 Å². The van der Waals surface area contributed by atoms with Crippen molar-refractivity contribution in [1.82, 2.24) is 15.6 Å². The summed E-state index contributed by atoms with van der Waals surface area (Å²) in [5, 5.41) is 9.60. The summed E-state index contributed by atoms with van der Waals surface area (Å²) >= 11 is 0. The molecule has 2 heterocycles. The average Bonchev–Trinajstić information content (AvgIpc) is 3.19. The van der Waals surface area contributed by atoms with Crippen molar-refractivity contribution in [2.45, 2.75) is 19.8 Å². The lowest BCUT2D eigenvalue weighted by Gasteiger charge is -2.14. The van der Waals surface area contributed by atoms with Gasteiger partial charge in [-0.3, -0.25) is 4.79 Å². The van der Waals surface area contributed by atoms with E-state index in [1.54, 1.807) is 13.3 Å². The molecule has 0 spiro atoms. The van der Waals surface area contributed by atoms with Crippen molar-refractivity contribution < 1.29 is 9.53 Å². The highest BCUT2D eigenvalue weighted by Crippen LogP contribution is 2.25. The number of nitrogens with one attached hydrogen (secondary N) is 3. The van der Waals surface area contributed by atoms with Gasteiger partial charge in [-0.25, -0.2) is 4.98 Å². The van der Waals surface area contributed by atoms with Crippen molar-refractivity contribution in [2.24, 2.45) is 5.92 Å². The van der Waals surface area contributed by atoms with E-state index in [9.17, 15) is 4.79 Å². The van der Waals surface area contributed by atoms with Gasteiger partial charge in [0.25, 0.3) is 5.91 Å². The van der Waals surface area contributed by atoms with Crippen LogP contribution in [-0.4, -0.2) is 44.2 Å². The zero-order valence-corrected chi connectivity index (χ0v) is 18.5. The molecule has 3 N–H and O–H groups in total. The molecule has 29 heavy (non-hydrogen) atoms. The molecule has 1 atom stereocenters. The largest absolute Gasteiger partial charge is 0.496 e. The Morgan fingerprint density at radius 3 is 2.79 bits per heavy atom. The Morgan fingerprint density at radius 2 is 2.10 bits per heavy atom. The van der Waals surface area contributed by atoms with E-state index >= 15 is 0 Å². The SMILES string of the molecule is COc1ccc(C(=O)NCCNc2ncccc2C)cc1CC1CCNC1.Cl.Cl. The fourth-order valence-corrected chi connectivity index (χ4v) is 3.41. The number of anilines is 1. The Balaban J connectivity index is 0.00000210. The molecule has 0 saturated carbocycles. The minimum Gasteiger partial charge on any atom is -0.496 e. The van der Waals surface area contributed by atoms with Gasteiger partial charge in [0.1, 0.15) is 11.6 Å². The van der Waals surface area contributed by atoms with Crippen LogP contribution in [0.2, 0.25) is 0 Å². The molecule has 6 nitrogen and oxygen atoms in total. The van der Waals surface area contributed by atoms with Crippen LogP contribution in [0.4, 0.5) is 5.82 Å². The Hall–Kier alpha value is -2.02. The van der Waals surface area contributed by atoms with E-state index in [0.717, 1.165) is 48.6 Å². The fraction of sp³-hybridized carbons (Fsp3) is 0.429. The van der Waals surface area contributed by atoms with Crippen LogP contribution in [-0.2, 0) is 6.42 Å². The van der Waals surface area contributed by atoms with Gasteiger partial charge in [-0.1, -0.05) is 6.07 Å². The van der Waals surface area contributed by atoms with Crippen LogP contribution >= 0.6 is 24.8 Å². The number of amides is 1. The van der Waals surface area contributed by atoms with Gasteiger partial charge < -0.3 is 20.7 Å². The van der Waals surface area contributed by atoms with Crippen molar-refractivity contribution in [3.8, 4) is 5.75 Å². The number of pyridine rings is 1. The van der Waals surface area contributed by atoms with Crippen LogP contribution in [0, 0.1) is 12.8 Å². The Labute approximate surface area is 185 Å². The first-order chi connectivity index (χ1) is 13.2. The van der Waals surface area contributed by atoms with Crippen molar-refractivity contribution in [3.05, 3.63) is 53.2 Å². The average molecular weight is 441 g/mol. The quantitative estimate of drug-likeness (QED) is 0.549. The predicted octanol–water partition coefficient (Wildman–Crippen LogP) is 3.24. The molecule has 1 aromatic heterocycles. The first-order valence-electron chi connectivity index (χ1n) is 9.48. The van der Waals surface area contributed by atoms with Crippen LogP contribution < -0.4 is 20.7 Å². The number of nitrogens with zero attached hydrogens (tertiary/aromatic N) is 1. The molecule has 160 valence electrons. The molecule has 1 fully saturated rings. The normalized spacial score (nSPS) is 15.0. The van der Waals surface area contributed by atoms with Crippen LogP contribution in [0.1, 0.15) is 27.9 Å². The molecule has 1 saturated heterocycles. The Kier molecular flexibility index (Phi) is 10.8. The van der Waals surface area contributed by atoms with Gasteiger partial charge in [0.15, 0.2) is 0 Å². The van der Waals surface area contributed by atoms with Gasteiger partial charge in [-0.15, -0.1) is 24.8 Å². The molecular weight excluding hydrogens is 411 g/mol. The highest BCUT2D eigenvalue weighted by atomic mass is 35.5. The maximum atomic E-state index is 12.5.